The first-order valence-electron chi connectivity index (χ1n) is 4.55. The topological polar surface area (TPSA) is 59.4 Å². The maximum Gasteiger partial charge on any atom is 0.573 e. The first kappa shape index (κ1) is 15.6. The molecular weight excluding hydrogens is 345 g/mol. The second-order valence-electron chi connectivity index (χ2n) is 3.24. The minimum Gasteiger partial charge on any atom is -0.481 e. The number of aliphatic carboxylic acids is 1. The molecule has 1 N–H and O–H groups in total. The number of carboxylic acids is 1. The van der Waals surface area contributed by atoms with Crippen molar-refractivity contribution in [1.82, 2.24) is 4.98 Å². The van der Waals surface area contributed by atoms with Gasteiger partial charge in [-0.2, -0.15) is 0 Å². The van der Waals surface area contributed by atoms with Gasteiger partial charge in [-0.05, 0) is 27.6 Å². The standard InChI is InChI=1S/C9H5BrF5NO3/c10-7-3(2-5(17)18)1-4(19-9(13,14)15)6(16-7)8(11)12/h1,8H,2H2,(H,17,18). The number of aromatic nitrogens is 1. The van der Waals surface area contributed by atoms with Crippen molar-refractivity contribution in [3.63, 3.8) is 0 Å². The fourth-order valence-electron chi connectivity index (χ4n) is 1.17. The van der Waals surface area contributed by atoms with Gasteiger partial charge in [0.2, 0.25) is 0 Å². The molecule has 0 atom stereocenters. The van der Waals surface area contributed by atoms with Crippen molar-refractivity contribution in [3.05, 3.63) is 21.9 Å². The van der Waals surface area contributed by atoms with Crippen LogP contribution < -0.4 is 4.74 Å². The summed E-state index contributed by atoms with van der Waals surface area (Å²) in [5, 5.41) is 8.53. The Labute approximate surface area is 111 Å². The SMILES string of the molecule is O=C(O)Cc1cc(OC(F)(F)F)c(C(F)F)nc1Br. The molecule has 10 heteroatoms. The van der Waals surface area contributed by atoms with Crippen molar-refractivity contribution in [2.75, 3.05) is 0 Å². The Morgan fingerprint density at radius 3 is 2.47 bits per heavy atom. The summed E-state index contributed by atoms with van der Waals surface area (Å²) in [6.07, 6.45) is -9.17. The van der Waals surface area contributed by atoms with Gasteiger partial charge in [0.25, 0.3) is 6.43 Å². The molecule has 0 saturated carbocycles. The molecular formula is C9H5BrF5NO3. The Balaban J connectivity index is 3.27. The van der Waals surface area contributed by atoms with E-state index < -0.39 is 36.6 Å². The van der Waals surface area contributed by atoms with Gasteiger partial charge in [0.15, 0.2) is 5.75 Å². The van der Waals surface area contributed by atoms with E-state index in [0.717, 1.165) is 0 Å². The van der Waals surface area contributed by atoms with E-state index in [9.17, 15) is 26.7 Å². The molecule has 4 nitrogen and oxygen atoms in total. The third-order valence-corrected chi connectivity index (χ3v) is 2.50. The van der Waals surface area contributed by atoms with Crippen LogP contribution in [0.25, 0.3) is 0 Å². The maximum absolute atomic E-state index is 12.5. The minimum absolute atomic E-state index is 0.212. The molecule has 1 aromatic rings. The van der Waals surface area contributed by atoms with Crippen LogP contribution in [0.1, 0.15) is 17.7 Å². The number of rotatable bonds is 4. The Bertz CT molecular complexity index is 491. The van der Waals surface area contributed by atoms with Crippen molar-refractivity contribution in [2.45, 2.75) is 19.2 Å². The zero-order valence-corrected chi connectivity index (χ0v) is 10.4. The quantitative estimate of drug-likeness (QED) is 0.669. The molecule has 0 bridgehead atoms. The third kappa shape index (κ3) is 4.62. The van der Waals surface area contributed by atoms with Gasteiger partial charge in [-0.25, -0.2) is 13.8 Å². The summed E-state index contributed by atoms with van der Waals surface area (Å²) in [6, 6.07) is 0.570. The molecule has 1 aromatic heterocycles. The summed E-state index contributed by atoms with van der Waals surface area (Å²) in [6.45, 7) is 0. The van der Waals surface area contributed by atoms with Crippen molar-refractivity contribution in [2.24, 2.45) is 0 Å². The number of hydrogen-bond donors (Lipinski definition) is 1. The summed E-state index contributed by atoms with van der Waals surface area (Å²) >= 11 is 2.71. The normalized spacial score (nSPS) is 11.7. The molecule has 0 aliphatic heterocycles. The number of carboxylic acid groups (broad SMARTS) is 1. The van der Waals surface area contributed by atoms with Crippen LogP contribution in [0.3, 0.4) is 0 Å². The number of hydrogen-bond acceptors (Lipinski definition) is 3. The highest BCUT2D eigenvalue weighted by Crippen LogP contribution is 2.34. The summed E-state index contributed by atoms with van der Waals surface area (Å²) in [7, 11) is 0. The van der Waals surface area contributed by atoms with Crippen LogP contribution in [-0.2, 0) is 11.2 Å². The van der Waals surface area contributed by atoms with Gasteiger partial charge in [-0.1, -0.05) is 0 Å². The van der Waals surface area contributed by atoms with Crippen LogP contribution in [0, 0.1) is 0 Å². The molecule has 0 aromatic carbocycles. The monoisotopic (exact) mass is 349 g/mol. The van der Waals surface area contributed by atoms with Gasteiger partial charge in [0, 0.05) is 0 Å². The fourth-order valence-corrected chi connectivity index (χ4v) is 1.62. The smallest absolute Gasteiger partial charge is 0.481 e. The number of carbonyl (C=O) groups is 1. The highest BCUT2D eigenvalue weighted by atomic mass is 79.9. The molecule has 106 valence electrons. The van der Waals surface area contributed by atoms with Crippen molar-refractivity contribution in [3.8, 4) is 5.75 Å². The maximum atomic E-state index is 12.5. The fraction of sp³-hybridized carbons (Fsp3) is 0.333. The molecule has 0 unspecified atom stereocenters. The van der Waals surface area contributed by atoms with Crippen molar-refractivity contribution < 1.29 is 36.6 Å². The molecule has 0 saturated heterocycles. The van der Waals surface area contributed by atoms with Gasteiger partial charge in [0.1, 0.15) is 10.3 Å². The Morgan fingerprint density at radius 2 is 2.05 bits per heavy atom. The number of halogens is 6. The summed E-state index contributed by atoms with van der Waals surface area (Å²) in [4.78, 5) is 13.7. The molecule has 0 radical (unpaired) electrons. The predicted molar refractivity (Wildman–Crippen MR) is 54.9 cm³/mol. The molecule has 1 rings (SSSR count). The zero-order valence-electron chi connectivity index (χ0n) is 8.84. The largest absolute Gasteiger partial charge is 0.573 e. The lowest BCUT2D eigenvalue weighted by atomic mass is 10.2. The van der Waals surface area contributed by atoms with E-state index in [0.29, 0.717) is 6.07 Å². The minimum atomic E-state index is -5.18. The number of nitrogens with zero attached hydrogens (tertiary/aromatic N) is 1. The van der Waals surface area contributed by atoms with Crippen molar-refractivity contribution in [1.29, 1.82) is 0 Å². The summed E-state index contributed by atoms with van der Waals surface area (Å²) in [5.74, 6) is -2.58. The predicted octanol–water partition coefficient (Wildman–Crippen LogP) is 3.31. The molecule has 1 heterocycles. The van der Waals surface area contributed by atoms with Gasteiger partial charge in [-0.3, -0.25) is 4.79 Å². The lowest BCUT2D eigenvalue weighted by Crippen LogP contribution is -2.19. The number of ether oxygens (including phenoxy) is 1. The molecule has 19 heavy (non-hydrogen) atoms. The highest BCUT2D eigenvalue weighted by Gasteiger charge is 2.34. The van der Waals surface area contributed by atoms with Gasteiger partial charge in [-0.15, -0.1) is 13.2 Å². The summed E-state index contributed by atoms with van der Waals surface area (Å²) < 4.78 is 64.4. The Morgan fingerprint density at radius 1 is 1.47 bits per heavy atom. The first-order valence-corrected chi connectivity index (χ1v) is 5.34. The Kier molecular flexibility index (Phi) is 4.66. The van der Waals surface area contributed by atoms with Crippen LogP contribution in [0.5, 0.6) is 5.75 Å². The van der Waals surface area contributed by atoms with E-state index in [1.807, 2.05) is 0 Å². The average molecular weight is 350 g/mol. The van der Waals surface area contributed by atoms with Crippen molar-refractivity contribution >= 4 is 21.9 Å². The molecule has 0 fully saturated rings. The van der Waals surface area contributed by atoms with Gasteiger partial charge >= 0.3 is 12.3 Å². The van der Waals surface area contributed by atoms with Crippen LogP contribution in [0.15, 0.2) is 10.7 Å². The lowest BCUT2D eigenvalue weighted by molar-refractivity contribution is -0.275. The zero-order chi connectivity index (χ0) is 14.8. The summed E-state index contributed by atoms with van der Waals surface area (Å²) in [5.41, 5.74) is -1.44. The van der Waals surface area contributed by atoms with Crippen LogP contribution >= 0.6 is 15.9 Å². The second-order valence-corrected chi connectivity index (χ2v) is 3.99. The molecule has 0 aliphatic rings. The van der Waals surface area contributed by atoms with Crippen LogP contribution in [0.2, 0.25) is 0 Å². The van der Waals surface area contributed by atoms with E-state index in [1.54, 1.807) is 0 Å². The first-order chi connectivity index (χ1) is 8.60. The molecule has 0 spiro atoms. The number of alkyl halides is 5. The molecule has 0 amide bonds. The van der Waals surface area contributed by atoms with Crippen LogP contribution in [-0.4, -0.2) is 22.4 Å². The lowest BCUT2D eigenvalue weighted by Gasteiger charge is -2.14. The third-order valence-electron chi connectivity index (χ3n) is 1.82. The highest BCUT2D eigenvalue weighted by molar-refractivity contribution is 9.10. The van der Waals surface area contributed by atoms with E-state index in [4.69, 9.17) is 5.11 Å². The second kappa shape index (κ2) is 5.68. The average Bonchev–Trinajstić information content (AvgIpc) is 2.19. The molecule has 0 aliphatic carbocycles. The van der Waals surface area contributed by atoms with Gasteiger partial charge < -0.3 is 9.84 Å². The number of pyridine rings is 1. The van der Waals surface area contributed by atoms with E-state index in [1.165, 1.54) is 0 Å². The van der Waals surface area contributed by atoms with E-state index in [2.05, 4.69) is 25.7 Å². The van der Waals surface area contributed by atoms with Gasteiger partial charge in [0.05, 0.1) is 6.42 Å². The van der Waals surface area contributed by atoms with Crippen LogP contribution in [0.4, 0.5) is 22.0 Å². The van der Waals surface area contributed by atoms with E-state index >= 15 is 0 Å². The Hall–Kier alpha value is -1.45. The van der Waals surface area contributed by atoms with E-state index in [-0.39, 0.29) is 10.2 Å².